The standard InChI is InChI=1S/C11H9NO2.2C2H6/c1-7(13)11-8-4-2-3-5-9(8)12-6-10(11)14;2*1-2/h2-6,14H,1H3;2*1-2H3. The predicted molar refractivity (Wildman–Crippen MR) is 76.1 cm³/mol. The molecular weight excluding hydrogens is 226 g/mol. The first-order chi connectivity index (χ1) is 8.70. The zero-order chi connectivity index (χ0) is 14.1. The molecule has 0 unspecified atom stereocenters. The lowest BCUT2D eigenvalue weighted by Crippen LogP contribution is -1.95. The van der Waals surface area contributed by atoms with Crippen LogP contribution in [0.1, 0.15) is 45.0 Å². The van der Waals surface area contributed by atoms with Crippen molar-refractivity contribution >= 4 is 16.7 Å². The van der Waals surface area contributed by atoms with E-state index in [2.05, 4.69) is 4.98 Å². The van der Waals surface area contributed by atoms with E-state index in [1.165, 1.54) is 13.1 Å². The van der Waals surface area contributed by atoms with Crippen LogP contribution in [0.25, 0.3) is 10.9 Å². The Morgan fingerprint density at radius 2 is 1.67 bits per heavy atom. The van der Waals surface area contributed by atoms with Gasteiger partial charge in [0.2, 0.25) is 0 Å². The summed E-state index contributed by atoms with van der Waals surface area (Å²) in [7, 11) is 0. The van der Waals surface area contributed by atoms with Gasteiger partial charge in [-0.3, -0.25) is 9.78 Å². The van der Waals surface area contributed by atoms with Gasteiger partial charge in [-0.15, -0.1) is 0 Å². The number of benzene rings is 1. The van der Waals surface area contributed by atoms with E-state index in [4.69, 9.17) is 0 Å². The molecule has 0 fully saturated rings. The van der Waals surface area contributed by atoms with Crippen molar-refractivity contribution in [1.29, 1.82) is 0 Å². The van der Waals surface area contributed by atoms with Gasteiger partial charge in [-0.05, 0) is 13.0 Å². The van der Waals surface area contributed by atoms with E-state index in [0.29, 0.717) is 10.9 Å². The molecule has 0 radical (unpaired) electrons. The Morgan fingerprint density at radius 1 is 1.11 bits per heavy atom. The molecule has 0 saturated heterocycles. The van der Waals surface area contributed by atoms with Crippen molar-refractivity contribution in [2.45, 2.75) is 34.6 Å². The highest BCUT2D eigenvalue weighted by molar-refractivity contribution is 6.08. The summed E-state index contributed by atoms with van der Waals surface area (Å²) in [6.45, 7) is 9.43. The smallest absolute Gasteiger partial charge is 0.164 e. The van der Waals surface area contributed by atoms with Gasteiger partial charge in [0.1, 0.15) is 5.75 Å². The highest BCUT2D eigenvalue weighted by atomic mass is 16.3. The lowest BCUT2D eigenvalue weighted by atomic mass is 10.1. The molecular formula is C15H21NO2. The number of Topliss-reactive ketones (excluding diaryl/α,β-unsaturated/α-hetero) is 1. The van der Waals surface area contributed by atoms with Crippen LogP contribution in [0.3, 0.4) is 0 Å². The number of rotatable bonds is 1. The fraction of sp³-hybridized carbons (Fsp3) is 0.333. The van der Waals surface area contributed by atoms with Crippen LogP contribution in [-0.4, -0.2) is 15.9 Å². The molecule has 0 aliphatic carbocycles. The number of hydrogen-bond acceptors (Lipinski definition) is 3. The van der Waals surface area contributed by atoms with Crippen molar-refractivity contribution in [3.05, 3.63) is 36.0 Å². The summed E-state index contributed by atoms with van der Waals surface area (Å²) in [6.07, 6.45) is 1.30. The van der Waals surface area contributed by atoms with Gasteiger partial charge in [0, 0.05) is 5.39 Å². The number of nitrogens with zero attached hydrogens (tertiary/aromatic N) is 1. The molecule has 0 saturated carbocycles. The van der Waals surface area contributed by atoms with Gasteiger partial charge in [-0.25, -0.2) is 0 Å². The van der Waals surface area contributed by atoms with Crippen molar-refractivity contribution in [2.75, 3.05) is 0 Å². The molecule has 1 aromatic carbocycles. The zero-order valence-electron chi connectivity index (χ0n) is 11.7. The molecule has 3 heteroatoms. The Hall–Kier alpha value is -1.90. The summed E-state index contributed by atoms with van der Waals surface area (Å²) >= 11 is 0. The Balaban J connectivity index is 0.000000659. The molecule has 0 aliphatic rings. The molecule has 1 aromatic heterocycles. The van der Waals surface area contributed by atoms with Crippen LogP contribution in [0.4, 0.5) is 0 Å². The maximum atomic E-state index is 11.3. The van der Waals surface area contributed by atoms with Gasteiger partial charge >= 0.3 is 0 Å². The third-order valence-electron chi connectivity index (χ3n) is 2.11. The fourth-order valence-electron chi connectivity index (χ4n) is 1.50. The fourth-order valence-corrected chi connectivity index (χ4v) is 1.50. The third kappa shape index (κ3) is 3.55. The highest BCUT2D eigenvalue weighted by Crippen LogP contribution is 2.24. The van der Waals surface area contributed by atoms with Gasteiger partial charge < -0.3 is 5.11 Å². The van der Waals surface area contributed by atoms with E-state index in [-0.39, 0.29) is 11.5 Å². The lowest BCUT2D eigenvalue weighted by molar-refractivity contribution is 0.101. The summed E-state index contributed by atoms with van der Waals surface area (Å²) in [5.74, 6) is -0.211. The van der Waals surface area contributed by atoms with Gasteiger partial charge in [0.25, 0.3) is 0 Å². The SMILES string of the molecule is CC.CC.CC(=O)c1c(O)cnc2ccccc12. The lowest BCUT2D eigenvalue weighted by Gasteiger charge is -2.04. The first-order valence-electron chi connectivity index (χ1n) is 6.28. The van der Waals surface area contributed by atoms with Crippen LogP contribution in [0.5, 0.6) is 5.75 Å². The molecule has 0 atom stereocenters. The summed E-state index contributed by atoms with van der Waals surface area (Å²) in [5.41, 5.74) is 1.06. The minimum atomic E-state index is -0.152. The van der Waals surface area contributed by atoms with Gasteiger partial charge in [-0.2, -0.15) is 0 Å². The molecule has 18 heavy (non-hydrogen) atoms. The van der Waals surface area contributed by atoms with Crippen LogP contribution in [0.2, 0.25) is 0 Å². The van der Waals surface area contributed by atoms with Crippen molar-refractivity contribution in [1.82, 2.24) is 4.98 Å². The largest absolute Gasteiger partial charge is 0.506 e. The Labute approximate surface area is 108 Å². The molecule has 2 rings (SSSR count). The van der Waals surface area contributed by atoms with E-state index in [9.17, 15) is 9.90 Å². The predicted octanol–water partition coefficient (Wildman–Crippen LogP) is 4.20. The number of pyridine rings is 1. The molecule has 0 bridgehead atoms. The highest BCUT2D eigenvalue weighted by Gasteiger charge is 2.11. The maximum Gasteiger partial charge on any atom is 0.164 e. The number of fused-ring (bicyclic) bond motifs is 1. The summed E-state index contributed by atoms with van der Waals surface area (Å²) < 4.78 is 0. The molecule has 0 spiro atoms. The first-order valence-corrected chi connectivity index (χ1v) is 6.28. The maximum absolute atomic E-state index is 11.3. The van der Waals surface area contributed by atoms with E-state index in [1.807, 2.05) is 39.8 Å². The number of aromatic hydroxyl groups is 1. The number of hydrogen-bond donors (Lipinski definition) is 1. The van der Waals surface area contributed by atoms with E-state index in [0.717, 1.165) is 5.52 Å². The average Bonchev–Trinajstić information content (AvgIpc) is 2.42. The number of carbonyl (C=O) groups excluding carboxylic acids is 1. The Bertz CT molecular complexity index is 507. The summed E-state index contributed by atoms with van der Waals surface area (Å²) in [5, 5.41) is 10.2. The molecule has 0 amide bonds. The van der Waals surface area contributed by atoms with Gasteiger partial charge in [0.15, 0.2) is 5.78 Å². The summed E-state index contributed by atoms with van der Waals surface area (Å²) in [6, 6.07) is 7.24. The molecule has 1 heterocycles. The number of ketones is 1. The van der Waals surface area contributed by atoms with Gasteiger partial charge in [0.05, 0.1) is 17.3 Å². The van der Waals surface area contributed by atoms with Crippen molar-refractivity contribution in [3.8, 4) is 5.75 Å². The molecule has 2 aromatic rings. The number of aromatic nitrogens is 1. The average molecular weight is 247 g/mol. The Kier molecular flexibility index (Phi) is 7.36. The molecule has 3 nitrogen and oxygen atoms in total. The van der Waals surface area contributed by atoms with E-state index < -0.39 is 0 Å². The van der Waals surface area contributed by atoms with Crippen LogP contribution < -0.4 is 0 Å². The zero-order valence-corrected chi connectivity index (χ0v) is 11.7. The second-order valence-electron chi connectivity index (χ2n) is 3.09. The Morgan fingerprint density at radius 3 is 2.22 bits per heavy atom. The quantitative estimate of drug-likeness (QED) is 0.768. The molecule has 1 N–H and O–H groups in total. The minimum absolute atomic E-state index is 0.0591. The minimum Gasteiger partial charge on any atom is -0.506 e. The monoisotopic (exact) mass is 247 g/mol. The normalized spacial score (nSPS) is 8.72. The topological polar surface area (TPSA) is 50.2 Å². The second-order valence-corrected chi connectivity index (χ2v) is 3.09. The van der Waals surface area contributed by atoms with Crippen LogP contribution >= 0.6 is 0 Å². The number of para-hydroxylation sites is 1. The van der Waals surface area contributed by atoms with Gasteiger partial charge in [-0.1, -0.05) is 45.9 Å². The van der Waals surface area contributed by atoms with Crippen LogP contribution in [0, 0.1) is 0 Å². The summed E-state index contributed by atoms with van der Waals surface area (Å²) in [4.78, 5) is 15.3. The first kappa shape index (κ1) is 16.1. The second kappa shape index (κ2) is 8.23. The third-order valence-corrected chi connectivity index (χ3v) is 2.11. The van der Waals surface area contributed by atoms with Crippen molar-refractivity contribution in [2.24, 2.45) is 0 Å². The van der Waals surface area contributed by atoms with Crippen LogP contribution in [0.15, 0.2) is 30.5 Å². The molecule has 0 aliphatic heterocycles. The number of carbonyl (C=O) groups is 1. The molecule has 98 valence electrons. The van der Waals surface area contributed by atoms with E-state index >= 15 is 0 Å². The van der Waals surface area contributed by atoms with Crippen molar-refractivity contribution in [3.63, 3.8) is 0 Å². The van der Waals surface area contributed by atoms with Crippen molar-refractivity contribution < 1.29 is 9.90 Å². The van der Waals surface area contributed by atoms with Crippen LogP contribution in [-0.2, 0) is 0 Å². The van der Waals surface area contributed by atoms with E-state index in [1.54, 1.807) is 12.1 Å².